The Morgan fingerprint density at radius 1 is 1.35 bits per heavy atom. The van der Waals surface area contributed by atoms with Crippen LogP contribution in [0.25, 0.3) is 0 Å². The topological polar surface area (TPSA) is 53.6 Å². The second-order valence-electron chi connectivity index (χ2n) is 5.35. The molecule has 1 fully saturated rings. The highest BCUT2D eigenvalue weighted by molar-refractivity contribution is 5.93. The fourth-order valence-corrected chi connectivity index (χ4v) is 2.97. The van der Waals surface area contributed by atoms with Crippen molar-refractivity contribution >= 4 is 11.7 Å². The Kier molecular flexibility index (Phi) is 3.89. The van der Waals surface area contributed by atoms with E-state index in [0.717, 1.165) is 31.7 Å². The summed E-state index contributed by atoms with van der Waals surface area (Å²) in [6, 6.07) is 8.58. The Morgan fingerprint density at radius 3 is 2.95 bits per heavy atom. The molecule has 0 aliphatic carbocycles. The number of ether oxygens (including phenoxy) is 1. The van der Waals surface area contributed by atoms with Crippen LogP contribution in [0.5, 0.6) is 0 Å². The van der Waals surface area contributed by atoms with E-state index in [1.54, 1.807) is 0 Å². The van der Waals surface area contributed by atoms with Gasteiger partial charge in [-0.3, -0.25) is 4.90 Å². The van der Waals surface area contributed by atoms with Gasteiger partial charge in [-0.05, 0) is 31.5 Å². The minimum atomic E-state index is -0.0116. The number of amides is 2. The number of para-hydroxylation sites is 1. The fraction of sp³-hybridized carbons (Fsp3) is 0.533. The molecular weight excluding hydrogens is 254 g/mol. The number of fused-ring (bicyclic) bond motifs is 1. The number of nitrogens with one attached hydrogen (secondary N) is 2. The first kappa shape index (κ1) is 13.4. The van der Waals surface area contributed by atoms with E-state index < -0.39 is 0 Å². The van der Waals surface area contributed by atoms with Gasteiger partial charge in [0.15, 0.2) is 0 Å². The number of nitrogens with zero attached hydrogens (tertiary/aromatic N) is 1. The lowest BCUT2D eigenvalue weighted by atomic mass is 9.97. The predicted octanol–water partition coefficient (Wildman–Crippen LogP) is 1.66. The van der Waals surface area contributed by atoms with Crippen LogP contribution in [0.3, 0.4) is 0 Å². The van der Waals surface area contributed by atoms with Crippen molar-refractivity contribution in [3.63, 3.8) is 0 Å². The summed E-state index contributed by atoms with van der Waals surface area (Å²) in [5.74, 6) is 0. The zero-order valence-corrected chi connectivity index (χ0v) is 11.8. The predicted molar refractivity (Wildman–Crippen MR) is 78.0 cm³/mol. The average molecular weight is 275 g/mol. The Hall–Kier alpha value is -1.59. The van der Waals surface area contributed by atoms with Crippen LogP contribution in [0.2, 0.25) is 0 Å². The molecule has 1 aromatic rings. The lowest BCUT2D eigenvalue weighted by molar-refractivity contribution is 0.189. The molecule has 2 heterocycles. The van der Waals surface area contributed by atoms with Crippen molar-refractivity contribution in [2.24, 2.45) is 0 Å². The van der Waals surface area contributed by atoms with E-state index in [9.17, 15) is 4.79 Å². The highest BCUT2D eigenvalue weighted by Gasteiger charge is 2.29. The fourth-order valence-electron chi connectivity index (χ4n) is 2.97. The molecule has 0 radical (unpaired) electrons. The molecule has 0 spiro atoms. The summed E-state index contributed by atoms with van der Waals surface area (Å²) in [4.78, 5) is 14.3. The normalized spacial score (nSPS) is 25.4. The van der Waals surface area contributed by atoms with Crippen LogP contribution < -0.4 is 15.5 Å². The quantitative estimate of drug-likeness (QED) is 0.863. The number of urea groups is 1. The molecular formula is C15H21N3O2. The van der Waals surface area contributed by atoms with Gasteiger partial charge < -0.3 is 15.4 Å². The van der Waals surface area contributed by atoms with Crippen molar-refractivity contribution in [1.29, 1.82) is 0 Å². The first-order valence-corrected chi connectivity index (χ1v) is 7.21. The third-order valence-corrected chi connectivity index (χ3v) is 4.10. The molecule has 2 amide bonds. The van der Waals surface area contributed by atoms with E-state index in [4.69, 9.17) is 4.74 Å². The van der Waals surface area contributed by atoms with Crippen molar-refractivity contribution in [1.82, 2.24) is 10.6 Å². The number of hydrogen-bond donors (Lipinski definition) is 2. The molecule has 5 heteroatoms. The van der Waals surface area contributed by atoms with Gasteiger partial charge in [0.1, 0.15) is 0 Å². The maximum absolute atomic E-state index is 12.5. The minimum absolute atomic E-state index is 0.0116. The highest BCUT2D eigenvalue weighted by atomic mass is 16.5. The summed E-state index contributed by atoms with van der Waals surface area (Å²) in [5, 5.41) is 6.38. The van der Waals surface area contributed by atoms with E-state index in [1.807, 2.05) is 30.1 Å². The van der Waals surface area contributed by atoms with Crippen molar-refractivity contribution in [2.75, 3.05) is 31.7 Å². The minimum Gasteiger partial charge on any atom is -0.379 e. The number of benzene rings is 1. The molecule has 0 bridgehead atoms. The second-order valence-corrected chi connectivity index (χ2v) is 5.35. The zero-order chi connectivity index (χ0) is 13.9. The Bertz CT molecular complexity index is 486. The maximum Gasteiger partial charge on any atom is 0.322 e. The van der Waals surface area contributed by atoms with Crippen molar-refractivity contribution < 1.29 is 9.53 Å². The van der Waals surface area contributed by atoms with Crippen LogP contribution >= 0.6 is 0 Å². The maximum atomic E-state index is 12.5. The van der Waals surface area contributed by atoms with E-state index in [-0.39, 0.29) is 12.1 Å². The van der Waals surface area contributed by atoms with Crippen LogP contribution in [0.15, 0.2) is 24.3 Å². The summed E-state index contributed by atoms with van der Waals surface area (Å²) < 4.78 is 5.31. The number of carbonyl (C=O) groups excluding carboxylic acids is 1. The van der Waals surface area contributed by atoms with Gasteiger partial charge in [0.25, 0.3) is 0 Å². The molecule has 3 rings (SSSR count). The summed E-state index contributed by atoms with van der Waals surface area (Å²) in [6.07, 6.45) is 1.84. The third kappa shape index (κ3) is 2.51. The summed E-state index contributed by atoms with van der Waals surface area (Å²) in [6.45, 7) is 2.10. The SMILES string of the molecule is CNC1CCN(C(=O)NC2CCOC2)c2ccccc21. The standard InChI is InChI=1S/C15H21N3O2/c1-16-13-6-8-18(14-5-3-2-4-12(13)14)15(19)17-11-7-9-20-10-11/h2-5,11,13,16H,6-10H2,1H3,(H,17,19). The van der Waals surface area contributed by atoms with Crippen molar-refractivity contribution in [2.45, 2.75) is 24.9 Å². The lowest BCUT2D eigenvalue weighted by Crippen LogP contribution is -2.48. The molecule has 2 aliphatic heterocycles. The van der Waals surface area contributed by atoms with Gasteiger partial charge in [0, 0.05) is 19.2 Å². The van der Waals surface area contributed by atoms with Gasteiger partial charge in [-0.15, -0.1) is 0 Å². The van der Waals surface area contributed by atoms with Gasteiger partial charge in [-0.1, -0.05) is 18.2 Å². The number of hydrogen-bond acceptors (Lipinski definition) is 3. The van der Waals surface area contributed by atoms with Crippen molar-refractivity contribution in [3.05, 3.63) is 29.8 Å². The summed E-state index contributed by atoms with van der Waals surface area (Å²) in [7, 11) is 1.97. The van der Waals surface area contributed by atoms with Crippen LogP contribution in [-0.4, -0.2) is 38.9 Å². The highest BCUT2D eigenvalue weighted by Crippen LogP contribution is 2.33. The molecule has 108 valence electrons. The molecule has 0 saturated carbocycles. The number of carbonyl (C=O) groups is 1. The van der Waals surface area contributed by atoms with E-state index in [1.165, 1.54) is 5.56 Å². The first-order valence-electron chi connectivity index (χ1n) is 7.21. The van der Waals surface area contributed by atoms with Gasteiger partial charge in [-0.2, -0.15) is 0 Å². The van der Waals surface area contributed by atoms with Crippen LogP contribution in [0.4, 0.5) is 10.5 Å². The Labute approximate surface area is 119 Å². The molecule has 2 unspecified atom stereocenters. The second kappa shape index (κ2) is 5.81. The Balaban J connectivity index is 1.78. The molecule has 2 atom stereocenters. The van der Waals surface area contributed by atoms with Crippen molar-refractivity contribution in [3.8, 4) is 0 Å². The molecule has 20 heavy (non-hydrogen) atoms. The molecule has 0 aromatic heterocycles. The van der Waals surface area contributed by atoms with E-state index >= 15 is 0 Å². The smallest absolute Gasteiger partial charge is 0.322 e. The molecule has 1 aromatic carbocycles. The molecule has 5 nitrogen and oxygen atoms in total. The van der Waals surface area contributed by atoms with Gasteiger partial charge in [0.2, 0.25) is 0 Å². The summed E-state index contributed by atoms with van der Waals surface area (Å²) in [5.41, 5.74) is 2.20. The van der Waals surface area contributed by atoms with Crippen LogP contribution in [0, 0.1) is 0 Å². The molecule has 2 aliphatic rings. The van der Waals surface area contributed by atoms with Crippen LogP contribution in [0.1, 0.15) is 24.4 Å². The molecule has 2 N–H and O–H groups in total. The van der Waals surface area contributed by atoms with Gasteiger partial charge in [0.05, 0.1) is 18.3 Å². The lowest BCUT2D eigenvalue weighted by Gasteiger charge is -2.34. The zero-order valence-electron chi connectivity index (χ0n) is 11.8. The average Bonchev–Trinajstić information content (AvgIpc) is 2.99. The van der Waals surface area contributed by atoms with Crippen LogP contribution in [-0.2, 0) is 4.74 Å². The largest absolute Gasteiger partial charge is 0.379 e. The van der Waals surface area contributed by atoms with E-state index in [2.05, 4.69) is 16.7 Å². The van der Waals surface area contributed by atoms with E-state index in [0.29, 0.717) is 12.6 Å². The van der Waals surface area contributed by atoms with Gasteiger partial charge >= 0.3 is 6.03 Å². The monoisotopic (exact) mass is 275 g/mol. The summed E-state index contributed by atoms with van der Waals surface area (Å²) >= 11 is 0. The molecule has 1 saturated heterocycles. The number of rotatable bonds is 2. The Morgan fingerprint density at radius 2 is 2.20 bits per heavy atom. The third-order valence-electron chi connectivity index (χ3n) is 4.10. The first-order chi connectivity index (χ1) is 9.79. The number of anilines is 1. The van der Waals surface area contributed by atoms with Gasteiger partial charge in [-0.25, -0.2) is 4.79 Å².